The van der Waals surface area contributed by atoms with Crippen LogP contribution in [0.2, 0.25) is 0 Å². The molecule has 0 spiro atoms. The Labute approximate surface area is 169 Å². The molecule has 1 heterocycles. The summed E-state index contributed by atoms with van der Waals surface area (Å²) < 4.78 is 16.1. The van der Waals surface area contributed by atoms with Crippen LogP contribution in [0.1, 0.15) is 20.8 Å². The van der Waals surface area contributed by atoms with Gasteiger partial charge in [0.2, 0.25) is 0 Å². The van der Waals surface area contributed by atoms with Crippen molar-refractivity contribution in [3.8, 4) is 17.2 Å². The lowest BCUT2D eigenvalue weighted by atomic mass is 10.1. The van der Waals surface area contributed by atoms with E-state index in [9.17, 15) is 4.79 Å². The molecule has 3 aromatic rings. The van der Waals surface area contributed by atoms with Crippen LogP contribution in [0.25, 0.3) is 0 Å². The Balaban J connectivity index is 1.95. The molecule has 0 saturated heterocycles. The van der Waals surface area contributed by atoms with E-state index >= 15 is 0 Å². The van der Waals surface area contributed by atoms with E-state index < -0.39 is 0 Å². The van der Waals surface area contributed by atoms with Crippen molar-refractivity contribution >= 4 is 17.2 Å². The molecule has 0 bridgehead atoms. The van der Waals surface area contributed by atoms with Gasteiger partial charge in [0.05, 0.1) is 34.4 Å². The predicted molar refractivity (Wildman–Crippen MR) is 110 cm³/mol. The molecule has 0 atom stereocenters. The Bertz CT molecular complexity index is 902. The highest BCUT2D eigenvalue weighted by atomic mass is 32.1. The second-order valence-electron chi connectivity index (χ2n) is 6.15. The number of nitrogens with zero attached hydrogens (tertiary/aromatic N) is 1. The van der Waals surface area contributed by atoms with E-state index in [2.05, 4.69) is 0 Å². The molecule has 0 aliphatic carbocycles. The van der Waals surface area contributed by atoms with E-state index in [4.69, 9.17) is 14.2 Å². The minimum absolute atomic E-state index is 0.100. The molecule has 1 amide bonds. The summed E-state index contributed by atoms with van der Waals surface area (Å²) in [5.41, 5.74) is 1.47. The van der Waals surface area contributed by atoms with Gasteiger partial charge in [0.1, 0.15) is 17.2 Å². The van der Waals surface area contributed by atoms with Crippen LogP contribution in [0, 0.1) is 0 Å². The predicted octanol–water partition coefficient (Wildman–Crippen LogP) is 4.62. The summed E-state index contributed by atoms with van der Waals surface area (Å²) in [7, 11) is 4.78. The van der Waals surface area contributed by atoms with E-state index in [1.165, 1.54) is 0 Å². The lowest BCUT2D eigenvalue weighted by Crippen LogP contribution is -2.30. The van der Waals surface area contributed by atoms with Crippen LogP contribution in [0.3, 0.4) is 0 Å². The van der Waals surface area contributed by atoms with Crippen LogP contribution in [0.4, 0.5) is 0 Å². The van der Waals surface area contributed by atoms with Gasteiger partial charge in [0.15, 0.2) is 0 Å². The molecule has 146 valence electrons. The van der Waals surface area contributed by atoms with Crippen molar-refractivity contribution in [2.45, 2.75) is 13.1 Å². The summed E-state index contributed by atoms with van der Waals surface area (Å²) in [6.45, 7) is 0.939. The minimum atomic E-state index is -0.100. The number of ether oxygens (including phenoxy) is 3. The van der Waals surface area contributed by atoms with Crippen LogP contribution in [-0.2, 0) is 13.1 Å². The normalized spacial score (nSPS) is 10.4. The number of benzene rings is 2. The molecule has 0 aliphatic rings. The van der Waals surface area contributed by atoms with Gasteiger partial charge >= 0.3 is 0 Å². The molecule has 2 aromatic carbocycles. The molecular formula is C22H23NO4S. The van der Waals surface area contributed by atoms with Gasteiger partial charge in [-0.2, -0.15) is 0 Å². The fourth-order valence-corrected chi connectivity index (χ4v) is 3.66. The van der Waals surface area contributed by atoms with E-state index in [0.717, 1.165) is 16.2 Å². The first-order valence-corrected chi connectivity index (χ1v) is 9.69. The first-order chi connectivity index (χ1) is 13.6. The first-order valence-electron chi connectivity index (χ1n) is 8.81. The van der Waals surface area contributed by atoms with Gasteiger partial charge in [-0.15, -0.1) is 11.3 Å². The lowest BCUT2D eigenvalue weighted by Gasteiger charge is -2.24. The van der Waals surface area contributed by atoms with Gasteiger partial charge in [-0.3, -0.25) is 4.79 Å². The Kier molecular flexibility index (Phi) is 6.55. The van der Waals surface area contributed by atoms with Crippen molar-refractivity contribution < 1.29 is 19.0 Å². The summed E-state index contributed by atoms with van der Waals surface area (Å²) in [6.07, 6.45) is 0. The summed E-state index contributed by atoms with van der Waals surface area (Å²) in [5.74, 6) is 1.82. The lowest BCUT2D eigenvalue weighted by molar-refractivity contribution is 0.0730. The van der Waals surface area contributed by atoms with Gasteiger partial charge < -0.3 is 19.1 Å². The average molecular weight is 397 g/mol. The monoisotopic (exact) mass is 397 g/mol. The number of thiophene rings is 1. The molecule has 0 aliphatic heterocycles. The third-order valence-corrected chi connectivity index (χ3v) is 5.23. The zero-order chi connectivity index (χ0) is 19.9. The maximum atomic E-state index is 13.4. The minimum Gasteiger partial charge on any atom is -0.497 e. The highest BCUT2D eigenvalue weighted by Crippen LogP contribution is 2.26. The van der Waals surface area contributed by atoms with Gasteiger partial charge in [-0.25, -0.2) is 0 Å². The summed E-state index contributed by atoms with van der Waals surface area (Å²) in [4.78, 5) is 16.3. The molecule has 0 N–H and O–H groups in total. The average Bonchev–Trinajstić information content (AvgIpc) is 3.25. The van der Waals surface area contributed by atoms with Crippen molar-refractivity contribution in [3.05, 3.63) is 76.0 Å². The zero-order valence-corrected chi connectivity index (χ0v) is 17.0. The number of amides is 1. The van der Waals surface area contributed by atoms with Crippen molar-refractivity contribution in [1.29, 1.82) is 0 Å². The van der Waals surface area contributed by atoms with Crippen LogP contribution in [0.15, 0.2) is 60.0 Å². The van der Waals surface area contributed by atoms with Crippen LogP contribution in [0.5, 0.6) is 17.2 Å². The number of para-hydroxylation sites is 1. The smallest absolute Gasteiger partial charge is 0.254 e. The SMILES string of the molecule is COc1cc(OC)cc(C(=O)N(Cc2cccs2)Cc2ccccc2OC)c1. The molecule has 1 aromatic heterocycles. The van der Waals surface area contributed by atoms with Gasteiger partial charge in [0.25, 0.3) is 5.91 Å². The number of rotatable bonds is 8. The highest BCUT2D eigenvalue weighted by molar-refractivity contribution is 7.09. The van der Waals surface area contributed by atoms with Crippen LogP contribution < -0.4 is 14.2 Å². The number of carbonyl (C=O) groups is 1. The van der Waals surface area contributed by atoms with Crippen molar-refractivity contribution in [3.63, 3.8) is 0 Å². The molecule has 0 unspecified atom stereocenters. The van der Waals surface area contributed by atoms with Gasteiger partial charge in [-0.1, -0.05) is 24.3 Å². The van der Waals surface area contributed by atoms with E-state index in [1.807, 2.05) is 41.8 Å². The summed E-state index contributed by atoms with van der Waals surface area (Å²) in [5, 5.41) is 2.01. The summed E-state index contributed by atoms with van der Waals surface area (Å²) in [6, 6.07) is 17.0. The largest absolute Gasteiger partial charge is 0.497 e. The molecular weight excluding hydrogens is 374 g/mol. The quantitative estimate of drug-likeness (QED) is 0.557. The molecule has 3 rings (SSSR count). The first kappa shape index (κ1) is 19.8. The van der Waals surface area contributed by atoms with Crippen molar-refractivity contribution in [1.82, 2.24) is 4.90 Å². The van der Waals surface area contributed by atoms with Crippen molar-refractivity contribution in [2.24, 2.45) is 0 Å². The maximum absolute atomic E-state index is 13.4. The van der Waals surface area contributed by atoms with Crippen LogP contribution >= 0.6 is 11.3 Å². The Hall–Kier alpha value is -2.99. The molecule has 28 heavy (non-hydrogen) atoms. The van der Waals surface area contributed by atoms with Crippen LogP contribution in [-0.4, -0.2) is 32.1 Å². The third-order valence-electron chi connectivity index (χ3n) is 4.37. The maximum Gasteiger partial charge on any atom is 0.254 e. The Morgan fingerprint density at radius 2 is 1.61 bits per heavy atom. The number of methoxy groups -OCH3 is 3. The molecule has 0 saturated carbocycles. The molecule has 5 nitrogen and oxygen atoms in total. The molecule has 0 radical (unpaired) electrons. The van der Waals surface area contributed by atoms with E-state index in [1.54, 1.807) is 55.8 Å². The third kappa shape index (κ3) is 4.64. The number of hydrogen-bond acceptors (Lipinski definition) is 5. The van der Waals surface area contributed by atoms with E-state index in [0.29, 0.717) is 30.2 Å². The van der Waals surface area contributed by atoms with Gasteiger partial charge in [0, 0.05) is 22.1 Å². The molecule has 6 heteroatoms. The second-order valence-corrected chi connectivity index (χ2v) is 7.19. The van der Waals surface area contributed by atoms with E-state index in [-0.39, 0.29) is 5.91 Å². The fraction of sp³-hybridized carbons (Fsp3) is 0.227. The van der Waals surface area contributed by atoms with Crippen molar-refractivity contribution in [2.75, 3.05) is 21.3 Å². The van der Waals surface area contributed by atoms with Gasteiger partial charge in [-0.05, 0) is 29.6 Å². The second kappa shape index (κ2) is 9.28. The highest BCUT2D eigenvalue weighted by Gasteiger charge is 2.20. The standard InChI is InChI=1S/C22H23NO4S/c1-25-18-11-17(12-19(13-18)26-2)22(24)23(15-20-8-6-10-28-20)14-16-7-4-5-9-21(16)27-3/h4-13H,14-15H2,1-3H3. The fourth-order valence-electron chi connectivity index (χ4n) is 2.94. The summed E-state index contributed by atoms with van der Waals surface area (Å²) >= 11 is 1.63. The number of hydrogen-bond donors (Lipinski definition) is 0. The molecule has 0 fully saturated rings. The zero-order valence-electron chi connectivity index (χ0n) is 16.2. The Morgan fingerprint density at radius 1 is 0.893 bits per heavy atom. The number of carbonyl (C=O) groups excluding carboxylic acids is 1. The Morgan fingerprint density at radius 3 is 2.21 bits per heavy atom. The topological polar surface area (TPSA) is 48.0 Å².